The summed E-state index contributed by atoms with van der Waals surface area (Å²) in [5.74, 6) is -1.23. The van der Waals surface area contributed by atoms with Crippen LogP contribution in [0.5, 0.6) is 0 Å². The summed E-state index contributed by atoms with van der Waals surface area (Å²) in [6.45, 7) is 4.48. The minimum Gasteiger partial charge on any atom is -0.481 e. The summed E-state index contributed by atoms with van der Waals surface area (Å²) in [5, 5.41) is 17.6. The van der Waals surface area contributed by atoms with Gasteiger partial charge in [0.15, 0.2) is 0 Å². The van der Waals surface area contributed by atoms with Gasteiger partial charge in [-0.3, -0.25) is 19.2 Å². The van der Waals surface area contributed by atoms with E-state index in [1.807, 2.05) is 0 Å². The summed E-state index contributed by atoms with van der Waals surface area (Å²) in [5.41, 5.74) is 0. The number of hydrogen-bond acceptors (Lipinski definition) is 5. The molecule has 3 amide bonds. The van der Waals surface area contributed by atoms with Gasteiger partial charge < -0.3 is 26.0 Å². The van der Waals surface area contributed by atoms with Gasteiger partial charge in [0.25, 0.3) is 0 Å². The van der Waals surface area contributed by atoms with E-state index in [0.29, 0.717) is 31.8 Å². The van der Waals surface area contributed by atoms with Crippen molar-refractivity contribution in [2.75, 3.05) is 32.7 Å². The first kappa shape index (κ1) is 23.1. The van der Waals surface area contributed by atoms with Crippen molar-refractivity contribution < 1.29 is 24.3 Å². The monoisotopic (exact) mass is 410 g/mol. The first-order valence-electron chi connectivity index (χ1n) is 10.6. The number of rotatable bonds is 9. The first-order chi connectivity index (χ1) is 13.8. The second kappa shape index (κ2) is 11.7. The van der Waals surface area contributed by atoms with Gasteiger partial charge in [-0.2, -0.15) is 0 Å². The fraction of sp³-hybridized carbons (Fsp3) is 0.800. The summed E-state index contributed by atoms with van der Waals surface area (Å²) in [7, 11) is 0. The number of nitrogens with zero attached hydrogens (tertiary/aromatic N) is 1. The molecule has 0 spiro atoms. The molecule has 2 fully saturated rings. The number of carboxylic acids is 1. The summed E-state index contributed by atoms with van der Waals surface area (Å²) in [4.78, 5) is 49.2. The lowest BCUT2D eigenvalue weighted by Crippen LogP contribution is -2.50. The molecule has 4 N–H and O–H groups in total. The fourth-order valence-electron chi connectivity index (χ4n) is 4.04. The van der Waals surface area contributed by atoms with Gasteiger partial charge in [0.1, 0.15) is 0 Å². The molecule has 0 aromatic heterocycles. The van der Waals surface area contributed by atoms with Crippen LogP contribution < -0.4 is 16.0 Å². The number of amides is 3. The smallest absolute Gasteiger partial charge is 0.305 e. The molecule has 1 unspecified atom stereocenters. The minimum atomic E-state index is -1.04. The Balaban J connectivity index is 1.82. The maximum atomic E-state index is 12.6. The van der Waals surface area contributed by atoms with E-state index in [-0.39, 0.29) is 36.6 Å². The minimum absolute atomic E-state index is 0.0684. The molecule has 9 nitrogen and oxygen atoms in total. The average Bonchev–Trinajstić information content (AvgIpc) is 2.70. The third kappa shape index (κ3) is 8.39. The predicted octanol–water partition coefficient (Wildman–Crippen LogP) is 0.100. The summed E-state index contributed by atoms with van der Waals surface area (Å²) in [6.07, 6.45) is 4.79. The SMILES string of the molecule is CC(=O)NCC(CC(=O)O)NC(=O)[C@@H]1CCCN(C(=O)CCC2CCNCC2)C1. The van der Waals surface area contributed by atoms with Crippen LogP contribution in [0.3, 0.4) is 0 Å². The van der Waals surface area contributed by atoms with E-state index < -0.39 is 12.0 Å². The van der Waals surface area contributed by atoms with E-state index in [2.05, 4.69) is 16.0 Å². The van der Waals surface area contributed by atoms with Crippen molar-refractivity contribution in [3.63, 3.8) is 0 Å². The van der Waals surface area contributed by atoms with Crippen LogP contribution >= 0.6 is 0 Å². The van der Waals surface area contributed by atoms with Gasteiger partial charge in [-0.1, -0.05) is 0 Å². The van der Waals surface area contributed by atoms with E-state index in [9.17, 15) is 19.2 Å². The molecule has 2 atom stereocenters. The predicted molar refractivity (Wildman–Crippen MR) is 107 cm³/mol. The number of nitrogens with one attached hydrogen (secondary N) is 3. The number of hydrogen-bond donors (Lipinski definition) is 4. The highest BCUT2D eigenvalue weighted by molar-refractivity contribution is 5.82. The Morgan fingerprint density at radius 1 is 1.17 bits per heavy atom. The van der Waals surface area contributed by atoms with Gasteiger partial charge in [0.2, 0.25) is 17.7 Å². The molecular formula is C20H34N4O5. The van der Waals surface area contributed by atoms with Gasteiger partial charge in [0.05, 0.1) is 18.4 Å². The molecule has 9 heteroatoms. The van der Waals surface area contributed by atoms with Crippen LogP contribution in [-0.4, -0.2) is 72.5 Å². The van der Waals surface area contributed by atoms with Crippen LogP contribution in [0.25, 0.3) is 0 Å². The summed E-state index contributed by atoms with van der Waals surface area (Å²) < 4.78 is 0. The molecule has 2 heterocycles. The third-order valence-corrected chi connectivity index (χ3v) is 5.73. The van der Waals surface area contributed by atoms with Crippen LogP contribution in [0.15, 0.2) is 0 Å². The number of carbonyl (C=O) groups is 4. The van der Waals surface area contributed by atoms with Crippen molar-refractivity contribution in [2.45, 2.75) is 57.9 Å². The number of carboxylic acid groups (broad SMARTS) is 1. The highest BCUT2D eigenvalue weighted by Gasteiger charge is 2.30. The van der Waals surface area contributed by atoms with Gasteiger partial charge in [-0.15, -0.1) is 0 Å². The lowest BCUT2D eigenvalue weighted by atomic mass is 9.92. The standard InChI is InChI=1S/C20H34N4O5/c1-14(25)22-12-17(11-19(27)28)23-20(29)16-3-2-10-24(13-16)18(26)5-4-15-6-8-21-9-7-15/h15-17,21H,2-13H2,1H3,(H,22,25)(H,23,29)(H,27,28)/t16-,17?/m1/s1. The fourth-order valence-corrected chi connectivity index (χ4v) is 4.04. The number of aliphatic carboxylic acids is 1. The average molecular weight is 411 g/mol. The molecule has 2 rings (SSSR count). The van der Waals surface area contributed by atoms with Crippen LogP contribution in [0.4, 0.5) is 0 Å². The van der Waals surface area contributed by atoms with Crippen LogP contribution in [-0.2, 0) is 19.2 Å². The third-order valence-electron chi connectivity index (χ3n) is 5.73. The number of carbonyl (C=O) groups excluding carboxylic acids is 3. The topological polar surface area (TPSA) is 128 Å². The molecule has 164 valence electrons. The van der Waals surface area contributed by atoms with E-state index in [0.717, 1.165) is 38.8 Å². The van der Waals surface area contributed by atoms with Gasteiger partial charge in [-0.25, -0.2) is 0 Å². The molecule has 2 saturated heterocycles. The molecular weight excluding hydrogens is 376 g/mol. The normalized spacial score (nSPS) is 21.3. The van der Waals surface area contributed by atoms with Crippen molar-refractivity contribution in [2.24, 2.45) is 11.8 Å². The van der Waals surface area contributed by atoms with Crippen molar-refractivity contribution in [3.8, 4) is 0 Å². The molecule has 0 aliphatic carbocycles. The Morgan fingerprint density at radius 3 is 2.55 bits per heavy atom. The van der Waals surface area contributed by atoms with E-state index >= 15 is 0 Å². The molecule has 2 aliphatic heterocycles. The van der Waals surface area contributed by atoms with Crippen LogP contribution in [0.1, 0.15) is 51.9 Å². The molecule has 0 radical (unpaired) electrons. The molecule has 29 heavy (non-hydrogen) atoms. The van der Waals surface area contributed by atoms with Crippen molar-refractivity contribution in [3.05, 3.63) is 0 Å². The number of likely N-dealkylation sites (tertiary alicyclic amines) is 1. The highest BCUT2D eigenvalue weighted by Crippen LogP contribution is 2.21. The Labute approximate surface area is 172 Å². The Bertz CT molecular complexity index is 591. The Hall–Kier alpha value is -2.16. The Morgan fingerprint density at radius 2 is 1.90 bits per heavy atom. The zero-order chi connectivity index (χ0) is 21.2. The van der Waals surface area contributed by atoms with Crippen molar-refractivity contribution in [1.82, 2.24) is 20.9 Å². The lowest BCUT2D eigenvalue weighted by Gasteiger charge is -2.33. The van der Waals surface area contributed by atoms with E-state index in [1.165, 1.54) is 6.92 Å². The zero-order valence-corrected chi connectivity index (χ0v) is 17.2. The quantitative estimate of drug-likeness (QED) is 0.427. The zero-order valence-electron chi connectivity index (χ0n) is 17.2. The van der Waals surface area contributed by atoms with Crippen molar-refractivity contribution >= 4 is 23.7 Å². The second-order valence-corrected chi connectivity index (χ2v) is 8.15. The van der Waals surface area contributed by atoms with Crippen molar-refractivity contribution in [1.29, 1.82) is 0 Å². The summed E-state index contributed by atoms with van der Waals surface area (Å²) in [6, 6.07) is -0.671. The van der Waals surface area contributed by atoms with Gasteiger partial charge in [0, 0.05) is 33.0 Å². The maximum absolute atomic E-state index is 12.6. The van der Waals surface area contributed by atoms with Gasteiger partial charge in [-0.05, 0) is 51.1 Å². The second-order valence-electron chi connectivity index (χ2n) is 8.15. The largest absolute Gasteiger partial charge is 0.481 e. The van der Waals surface area contributed by atoms with E-state index in [1.54, 1.807) is 4.90 Å². The van der Waals surface area contributed by atoms with Crippen LogP contribution in [0.2, 0.25) is 0 Å². The van der Waals surface area contributed by atoms with E-state index in [4.69, 9.17) is 5.11 Å². The highest BCUT2D eigenvalue weighted by atomic mass is 16.4. The molecule has 2 aliphatic rings. The first-order valence-corrected chi connectivity index (χ1v) is 10.6. The maximum Gasteiger partial charge on any atom is 0.305 e. The molecule has 0 bridgehead atoms. The summed E-state index contributed by atoms with van der Waals surface area (Å²) >= 11 is 0. The Kier molecular flexibility index (Phi) is 9.37. The molecule has 0 aromatic carbocycles. The molecule has 0 saturated carbocycles. The van der Waals surface area contributed by atoms with Gasteiger partial charge >= 0.3 is 5.97 Å². The number of piperidine rings is 2. The van der Waals surface area contributed by atoms with Crippen LogP contribution in [0, 0.1) is 11.8 Å². The molecule has 0 aromatic rings. The lowest BCUT2D eigenvalue weighted by molar-refractivity contribution is -0.138.